The number of fused-ring (bicyclic) bond motifs is 1. The first-order valence-electron chi connectivity index (χ1n) is 11.1. The number of aliphatic hydroxyl groups excluding tert-OH is 1. The van der Waals surface area contributed by atoms with E-state index in [1.165, 1.54) is 16.4 Å². The minimum absolute atomic E-state index is 0.0943. The number of aliphatic hydroxyl groups is 1. The van der Waals surface area contributed by atoms with Gasteiger partial charge in [0.1, 0.15) is 6.17 Å². The van der Waals surface area contributed by atoms with Gasteiger partial charge in [-0.05, 0) is 31.9 Å². The molecule has 2 aliphatic heterocycles. The Hall–Kier alpha value is -1.95. The lowest BCUT2D eigenvalue weighted by atomic mass is 10.0. The molecule has 0 spiro atoms. The molecule has 1 saturated heterocycles. The van der Waals surface area contributed by atoms with Gasteiger partial charge in [-0.2, -0.15) is 22.6 Å². The summed E-state index contributed by atoms with van der Waals surface area (Å²) in [4.78, 5) is 2.18. The highest BCUT2D eigenvalue weighted by Gasteiger charge is 2.36. The van der Waals surface area contributed by atoms with Gasteiger partial charge in [-0.15, -0.1) is 0 Å². The number of aromatic nitrogens is 2. The Labute approximate surface area is 191 Å². The van der Waals surface area contributed by atoms with Gasteiger partial charge in [0.2, 0.25) is 10.0 Å². The smallest absolute Gasteiger partial charge is 0.390 e. The molecule has 1 fully saturated rings. The summed E-state index contributed by atoms with van der Waals surface area (Å²) in [6.45, 7) is 3.72. The van der Waals surface area contributed by atoms with E-state index in [9.17, 15) is 26.7 Å². The third kappa shape index (κ3) is 4.96. The van der Waals surface area contributed by atoms with Crippen LogP contribution in [0, 0.1) is 0 Å². The van der Waals surface area contributed by atoms with Crippen molar-refractivity contribution in [2.45, 2.75) is 57.6 Å². The van der Waals surface area contributed by atoms with Gasteiger partial charge in [-0.1, -0.05) is 18.6 Å². The molecule has 0 aliphatic carbocycles. The Bertz CT molecular complexity index is 1090. The van der Waals surface area contributed by atoms with Crippen molar-refractivity contribution < 1.29 is 26.7 Å². The first kappa shape index (κ1) is 24.2. The molecule has 182 valence electrons. The van der Waals surface area contributed by atoms with Crippen LogP contribution in [-0.2, 0) is 29.2 Å². The van der Waals surface area contributed by atoms with Crippen LogP contribution in [0.3, 0.4) is 0 Å². The van der Waals surface area contributed by atoms with Gasteiger partial charge in [0, 0.05) is 49.4 Å². The van der Waals surface area contributed by atoms with Gasteiger partial charge in [0.15, 0.2) is 0 Å². The normalized spacial score (nSPS) is 20.4. The predicted octanol–water partition coefficient (Wildman–Crippen LogP) is 3.25. The van der Waals surface area contributed by atoms with Crippen LogP contribution in [0.5, 0.6) is 0 Å². The summed E-state index contributed by atoms with van der Waals surface area (Å²) in [5.41, 5.74) is 1.67. The Kier molecular flexibility index (Phi) is 6.60. The lowest BCUT2D eigenvalue weighted by Gasteiger charge is -2.37. The zero-order valence-electron chi connectivity index (χ0n) is 18.7. The summed E-state index contributed by atoms with van der Waals surface area (Å²) < 4.78 is 66.7. The summed E-state index contributed by atoms with van der Waals surface area (Å²) in [5.74, 6) is 0. The zero-order valence-corrected chi connectivity index (χ0v) is 19.5. The van der Waals surface area contributed by atoms with Crippen molar-refractivity contribution in [1.82, 2.24) is 19.0 Å². The summed E-state index contributed by atoms with van der Waals surface area (Å²) in [6.07, 6.45) is -0.899. The van der Waals surface area contributed by atoms with Crippen LogP contribution in [0.2, 0.25) is 0 Å². The fraction of sp³-hybridized carbons (Fsp3) is 0.591. The van der Waals surface area contributed by atoms with Crippen LogP contribution < -0.4 is 0 Å². The molecule has 2 unspecified atom stereocenters. The number of alkyl halides is 3. The maximum atomic E-state index is 13.1. The number of benzene rings is 1. The fourth-order valence-electron chi connectivity index (χ4n) is 4.82. The maximum Gasteiger partial charge on any atom is 0.416 e. The van der Waals surface area contributed by atoms with E-state index in [-0.39, 0.29) is 13.1 Å². The van der Waals surface area contributed by atoms with Crippen molar-refractivity contribution in [3.8, 4) is 11.3 Å². The minimum Gasteiger partial charge on any atom is -0.390 e. The fourth-order valence-corrected chi connectivity index (χ4v) is 5.61. The van der Waals surface area contributed by atoms with Crippen LogP contribution in [0.25, 0.3) is 11.3 Å². The number of piperidine rings is 1. The number of likely N-dealkylation sites (tertiary alicyclic amines) is 1. The summed E-state index contributed by atoms with van der Waals surface area (Å²) in [7, 11) is -3.45. The van der Waals surface area contributed by atoms with Crippen molar-refractivity contribution in [3.63, 3.8) is 0 Å². The molecule has 2 aromatic rings. The van der Waals surface area contributed by atoms with Crippen LogP contribution in [-0.4, -0.2) is 64.5 Å². The molecule has 0 radical (unpaired) electrons. The summed E-state index contributed by atoms with van der Waals surface area (Å²) in [5, 5.41) is 15.5. The van der Waals surface area contributed by atoms with E-state index in [1.54, 1.807) is 11.6 Å². The molecule has 33 heavy (non-hydrogen) atoms. The van der Waals surface area contributed by atoms with E-state index < -0.39 is 34.0 Å². The average molecular weight is 487 g/mol. The van der Waals surface area contributed by atoms with Crippen molar-refractivity contribution in [2.75, 3.05) is 25.9 Å². The molecular weight excluding hydrogens is 457 g/mol. The summed E-state index contributed by atoms with van der Waals surface area (Å²) >= 11 is 0. The van der Waals surface area contributed by atoms with Gasteiger partial charge in [0.05, 0.1) is 23.6 Å². The Morgan fingerprint density at radius 1 is 1.06 bits per heavy atom. The van der Waals surface area contributed by atoms with Gasteiger partial charge in [-0.3, -0.25) is 4.90 Å². The topological polar surface area (TPSA) is 78.7 Å². The second-order valence-corrected chi connectivity index (χ2v) is 10.9. The second kappa shape index (κ2) is 9.01. The Morgan fingerprint density at radius 2 is 1.70 bits per heavy atom. The average Bonchev–Trinajstić information content (AvgIpc) is 3.12. The lowest BCUT2D eigenvalue weighted by Crippen LogP contribution is -2.44. The van der Waals surface area contributed by atoms with Crippen molar-refractivity contribution in [3.05, 3.63) is 41.1 Å². The van der Waals surface area contributed by atoms with E-state index >= 15 is 0 Å². The molecule has 1 aromatic heterocycles. The Balaban J connectivity index is 1.82. The molecule has 1 aromatic carbocycles. The standard InChI is InChI=1S/C22H29F3N4O3S/c1-15(30)21(27-11-4-3-5-12-27)29-19-10-13-28(33(2,31)32)14-18(19)20(26-29)16-6-8-17(9-7-16)22(23,24)25/h6-9,15,21,30H,3-5,10-14H2,1-2H3. The molecule has 4 rings (SSSR count). The van der Waals surface area contributed by atoms with Crippen LogP contribution >= 0.6 is 0 Å². The number of hydrogen-bond donors (Lipinski definition) is 1. The molecule has 2 atom stereocenters. The van der Waals surface area contributed by atoms with Gasteiger partial charge in [-0.25, -0.2) is 13.1 Å². The van der Waals surface area contributed by atoms with Crippen molar-refractivity contribution in [2.24, 2.45) is 0 Å². The van der Waals surface area contributed by atoms with Crippen LogP contribution in [0.4, 0.5) is 13.2 Å². The molecular formula is C22H29F3N4O3S. The molecule has 0 saturated carbocycles. The third-order valence-electron chi connectivity index (χ3n) is 6.45. The van der Waals surface area contributed by atoms with Crippen molar-refractivity contribution >= 4 is 10.0 Å². The molecule has 2 aliphatic rings. The number of sulfonamides is 1. The number of halogens is 3. The first-order valence-corrected chi connectivity index (χ1v) is 13.0. The highest BCUT2D eigenvalue weighted by Crippen LogP contribution is 2.36. The molecule has 3 heterocycles. The van der Waals surface area contributed by atoms with E-state index in [1.807, 2.05) is 0 Å². The largest absolute Gasteiger partial charge is 0.416 e. The first-order chi connectivity index (χ1) is 15.5. The number of nitrogens with zero attached hydrogens (tertiary/aromatic N) is 4. The predicted molar refractivity (Wildman–Crippen MR) is 118 cm³/mol. The summed E-state index contributed by atoms with van der Waals surface area (Å²) in [6, 6.07) is 4.75. The highest BCUT2D eigenvalue weighted by molar-refractivity contribution is 7.88. The minimum atomic E-state index is -4.45. The number of rotatable bonds is 5. The lowest BCUT2D eigenvalue weighted by molar-refractivity contribution is -0.137. The third-order valence-corrected chi connectivity index (χ3v) is 7.70. The molecule has 0 amide bonds. The second-order valence-electron chi connectivity index (χ2n) is 8.89. The SMILES string of the molecule is CC(O)C(N1CCCCC1)n1nc(-c2ccc(C(F)(F)F)cc2)c2c1CCN(S(C)(=O)=O)C2. The van der Waals surface area contributed by atoms with E-state index in [4.69, 9.17) is 5.10 Å². The Morgan fingerprint density at radius 3 is 2.24 bits per heavy atom. The van der Waals surface area contributed by atoms with E-state index in [2.05, 4.69) is 4.90 Å². The van der Waals surface area contributed by atoms with Crippen LogP contribution in [0.15, 0.2) is 24.3 Å². The number of hydrogen-bond acceptors (Lipinski definition) is 5. The monoisotopic (exact) mass is 486 g/mol. The molecule has 0 bridgehead atoms. The van der Waals surface area contributed by atoms with E-state index in [0.29, 0.717) is 23.2 Å². The van der Waals surface area contributed by atoms with Crippen LogP contribution in [0.1, 0.15) is 49.2 Å². The maximum absolute atomic E-state index is 13.1. The molecule has 1 N–H and O–H groups in total. The van der Waals surface area contributed by atoms with Gasteiger partial charge in [0.25, 0.3) is 0 Å². The molecule has 7 nitrogen and oxygen atoms in total. The van der Waals surface area contributed by atoms with Gasteiger partial charge < -0.3 is 5.11 Å². The van der Waals surface area contributed by atoms with Crippen molar-refractivity contribution in [1.29, 1.82) is 0 Å². The quantitative estimate of drug-likeness (QED) is 0.702. The zero-order chi connectivity index (χ0) is 24.0. The van der Waals surface area contributed by atoms with E-state index in [0.717, 1.165) is 56.4 Å². The molecule has 11 heteroatoms. The highest BCUT2D eigenvalue weighted by atomic mass is 32.2. The van der Waals surface area contributed by atoms with Gasteiger partial charge >= 0.3 is 6.18 Å².